The fourth-order valence-electron chi connectivity index (χ4n) is 2.57. The van der Waals surface area contributed by atoms with Crippen LogP contribution >= 0.6 is 0 Å². The third-order valence-corrected chi connectivity index (χ3v) is 3.57. The highest BCUT2D eigenvalue weighted by Crippen LogP contribution is 2.22. The molecule has 3 rings (SSSR count). The predicted octanol–water partition coefficient (Wildman–Crippen LogP) is 3.48. The van der Waals surface area contributed by atoms with E-state index in [1.165, 1.54) is 16.5 Å². The summed E-state index contributed by atoms with van der Waals surface area (Å²) in [5.41, 5.74) is 3.46. The zero-order chi connectivity index (χ0) is 14.8. The van der Waals surface area contributed by atoms with E-state index < -0.39 is 0 Å². The molecule has 0 aliphatic carbocycles. The van der Waals surface area contributed by atoms with E-state index in [0.29, 0.717) is 12.6 Å². The minimum Gasteiger partial charge on any atom is -0.359 e. The van der Waals surface area contributed by atoms with E-state index in [1.54, 1.807) is 0 Å². The number of hydrogen-bond acceptors (Lipinski definition) is 3. The molecule has 0 amide bonds. The van der Waals surface area contributed by atoms with Crippen LogP contribution in [0.25, 0.3) is 10.9 Å². The van der Waals surface area contributed by atoms with Crippen molar-refractivity contribution in [3.63, 3.8) is 0 Å². The van der Waals surface area contributed by atoms with Crippen LogP contribution in [0.3, 0.4) is 0 Å². The van der Waals surface area contributed by atoms with Crippen LogP contribution in [0.2, 0.25) is 0 Å². The quantitative estimate of drug-likeness (QED) is 0.779. The standard InChI is InChI=1S/C17H21N3O/c1-12(2)18-9-14-10-20(11-15-8-13(3)19-21-15)17-7-5-4-6-16(14)17/h4-8,10,12,18H,9,11H2,1-3H3. The molecule has 0 aliphatic rings. The van der Waals surface area contributed by atoms with Crippen molar-refractivity contribution in [2.75, 3.05) is 0 Å². The smallest absolute Gasteiger partial charge is 0.156 e. The lowest BCUT2D eigenvalue weighted by Crippen LogP contribution is -2.21. The first-order valence-corrected chi connectivity index (χ1v) is 7.36. The lowest BCUT2D eigenvalue weighted by Gasteiger charge is -2.06. The van der Waals surface area contributed by atoms with Crippen LogP contribution in [0, 0.1) is 6.92 Å². The number of hydrogen-bond donors (Lipinski definition) is 1. The van der Waals surface area contributed by atoms with Crippen molar-refractivity contribution in [1.82, 2.24) is 15.0 Å². The molecule has 0 aliphatic heterocycles. The summed E-state index contributed by atoms with van der Waals surface area (Å²) < 4.78 is 7.57. The molecule has 4 heteroatoms. The Morgan fingerprint density at radius 2 is 2.10 bits per heavy atom. The summed E-state index contributed by atoms with van der Waals surface area (Å²) in [5, 5.41) is 8.74. The summed E-state index contributed by atoms with van der Waals surface area (Å²) >= 11 is 0. The number of para-hydroxylation sites is 1. The Bertz CT molecular complexity index is 739. The van der Waals surface area contributed by atoms with Gasteiger partial charge >= 0.3 is 0 Å². The zero-order valence-corrected chi connectivity index (χ0v) is 12.8. The first-order chi connectivity index (χ1) is 10.1. The van der Waals surface area contributed by atoms with Gasteiger partial charge < -0.3 is 14.4 Å². The number of rotatable bonds is 5. The van der Waals surface area contributed by atoms with E-state index >= 15 is 0 Å². The molecular formula is C17H21N3O. The van der Waals surface area contributed by atoms with Crippen LogP contribution in [-0.2, 0) is 13.1 Å². The number of nitrogens with one attached hydrogen (secondary N) is 1. The van der Waals surface area contributed by atoms with Gasteiger partial charge in [0, 0.05) is 35.8 Å². The van der Waals surface area contributed by atoms with Crippen LogP contribution in [0.4, 0.5) is 0 Å². The maximum atomic E-state index is 5.34. The van der Waals surface area contributed by atoms with Gasteiger partial charge in [0.2, 0.25) is 0 Å². The molecule has 1 aromatic carbocycles. The van der Waals surface area contributed by atoms with Gasteiger partial charge in [-0.2, -0.15) is 0 Å². The van der Waals surface area contributed by atoms with Crippen molar-refractivity contribution >= 4 is 10.9 Å². The minimum absolute atomic E-state index is 0.476. The Morgan fingerprint density at radius 3 is 2.81 bits per heavy atom. The van der Waals surface area contributed by atoms with E-state index in [4.69, 9.17) is 4.52 Å². The lowest BCUT2D eigenvalue weighted by molar-refractivity contribution is 0.374. The fourth-order valence-corrected chi connectivity index (χ4v) is 2.57. The zero-order valence-electron chi connectivity index (χ0n) is 12.8. The third-order valence-electron chi connectivity index (χ3n) is 3.57. The largest absolute Gasteiger partial charge is 0.359 e. The highest BCUT2D eigenvalue weighted by Gasteiger charge is 2.10. The Kier molecular flexibility index (Phi) is 3.80. The monoisotopic (exact) mass is 283 g/mol. The van der Waals surface area contributed by atoms with Crippen LogP contribution in [0.5, 0.6) is 0 Å². The summed E-state index contributed by atoms with van der Waals surface area (Å²) in [4.78, 5) is 0. The van der Waals surface area contributed by atoms with Gasteiger partial charge in [-0.3, -0.25) is 0 Å². The molecule has 0 saturated carbocycles. The molecule has 0 saturated heterocycles. The van der Waals surface area contributed by atoms with Gasteiger partial charge in [0.25, 0.3) is 0 Å². The summed E-state index contributed by atoms with van der Waals surface area (Å²) in [6, 6.07) is 10.9. The van der Waals surface area contributed by atoms with Crippen molar-refractivity contribution in [1.29, 1.82) is 0 Å². The van der Waals surface area contributed by atoms with Gasteiger partial charge in [-0.25, -0.2) is 0 Å². The van der Waals surface area contributed by atoms with Crippen molar-refractivity contribution in [3.8, 4) is 0 Å². The number of nitrogens with zero attached hydrogens (tertiary/aromatic N) is 2. The van der Waals surface area contributed by atoms with Crippen molar-refractivity contribution < 1.29 is 4.52 Å². The number of benzene rings is 1. The maximum absolute atomic E-state index is 5.34. The first-order valence-electron chi connectivity index (χ1n) is 7.36. The molecule has 0 unspecified atom stereocenters. The topological polar surface area (TPSA) is 43.0 Å². The van der Waals surface area contributed by atoms with E-state index in [9.17, 15) is 0 Å². The highest BCUT2D eigenvalue weighted by atomic mass is 16.5. The van der Waals surface area contributed by atoms with Crippen LogP contribution in [0.1, 0.15) is 30.9 Å². The molecule has 4 nitrogen and oxygen atoms in total. The molecule has 1 N–H and O–H groups in total. The van der Waals surface area contributed by atoms with Gasteiger partial charge in [0.05, 0.1) is 12.2 Å². The molecule has 0 spiro atoms. The summed E-state index contributed by atoms with van der Waals surface area (Å²) in [6.07, 6.45) is 2.21. The van der Waals surface area contributed by atoms with Gasteiger partial charge in [0.15, 0.2) is 5.76 Å². The van der Waals surface area contributed by atoms with Crippen LogP contribution in [-0.4, -0.2) is 15.8 Å². The SMILES string of the molecule is Cc1cc(Cn2cc(CNC(C)C)c3ccccc32)on1. The van der Waals surface area contributed by atoms with Crippen molar-refractivity contribution in [3.05, 3.63) is 53.5 Å². The normalized spacial score (nSPS) is 11.6. The minimum atomic E-state index is 0.476. The molecule has 0 radical (unpaired) electrons. The molecule has 0 fully saturated rings. The third kappa shape index (κ3) is 3.00. The number of fused-ring (bicyclic) bond motifs is 1. The van der Waals surface area contributed by atoms with E-state index in [-0.39, 0.29) is 0 Å². The first kappa shape index (κ1) is 13.9. The van der Waals surface area contributed by atoms with Gasteiger partial charge in [-0.15, -0.1) is 0 Å². The summed E-state index contributed by atoms with van der Waals surface area (Å²) in [5.74, 6) is 0.886. The molecule has 0 bridgehead atoms. The second kappa shape index (κ2) is 5.74. The molecule has 21 heavy (non-hydrogen) atoms. The number of aromatic nitrogens is 2. The van der Waals surface area contributed by atoms with Crippen molar-refractivity contribution in [2.45, 2.75) is 39.9 Å². The molecular weight excluding hydrogens is 262 g/mol. The summed E-state index contributed by atoms with van der Waals surface area (Å²) in [7, 11) is 0. The summed E-state index contributed by atoms with van der Waals surface area (Å²) in [6.45, 7) is 7.86. The Balaban J connectivity index is 1.94. The van der Waals surface area contributed by atoms with Crippen molar-refractivity contribution in [2.24, 2.45) is 0 Å². The van der Waals surface area contributed by atoms with E-state index in [2.05, 4.69) is 59.4 Å². The Hall–Kier alpha value is -2.07. The van der Waals surface area contributed by atoms with Gasteiger partial charge in [-0.1, -0.05) is 37.2 Å². The second-order valence-electron chi connectivity index (χ2n) is 5.77. The molecule has 110 valence electrons. The molecule has 0 atom stereocenters. The fraction of sp³-hybridized carbons (Fsp3) is 0.353. The van der Waals surface area contributed by atoms with Gasteiger partial charge in [-0.05, 0) is 18.6 Å². The predicted molar refractivity (Wildman–Crippen MR) is 84.3 cm³/mol. The van der Waals surface area contributed by atoms with E-state index in [0.717, 1.165) is 18.0 Å². The maximum Gasteiger partial charge on any atom is 0.156 e. The number of aryl methyl sites for hydroxylation is 1. The Morgan fingerprint density at radius 1 is 1.29 bits per heavy atom. The molecule has 2 aromatic heterocycles. The van der Waals surface area contributed by atoms with Gasteiger partial charge in [0.1, 0.15) is 0 Å². The average Bonchev–Trinajstić information content (AvgIpc) is 3.02. The molecule has 3 aromatic rings. The Labute approximate surface area is 124 Å². The second-order valence-corrected chi connectivity index (χ2v) is 5.77. The lowest BCUT2D eigenvalue weighted by atomic mass is 10.2. The van der Waals surface area contributed by atoms with Crippen LogP contribution in [0.15, 0.2) is 41.1 Å². The molecule has 2 heterocycles. The highest BCUT2D eigenvalue weighted by molar-refractivity contribution is 5.84. The van der Waals surface area contributed by atoms with Crippen LogP contribution < -0.4 is 5.32 Å². The average molecular weight is 283 g/mol. The van der Waals surface area contributed by atoms with E-state index in [1.807, 2.05) is 13.0 Å².